The van der Waals surface area contributed by atoms with Gasteiger partial charge in [0.2, 0.25) is 0 Å². The Morgan fingerprint density at radius 2 is 1.71 bits per heavy atom. The van der Waals surface area contributed by atoms with Gasteiger partial charge in [0.25, 0.3) is 5.91 Å². The van der Waals surface area contributed by atoms with Crippen LogP contribution >= 0.6 is 0 Å². The lowest BCUT2D eigenvalue weighted by Crippen LogP contribution is -2.36. The number of hydrogen-bond donors (Lipinski definition) is 0. The van der Waals surface area contributed by atoms with Crippen LogP contribution in [0.5, 0.6) is 11.5 Å². The van der Waals surface area contributed by atoms with Crippen LogP contribution in [0.25, 0.3) is 22.2 Å². The van der Waals surface area contributed by atoms with E-state index in [0.29, 0.717) is 33.7 Å². The number of rotatable bonds is 7. The first-order valence-corrected chi connectivity index (χ1v) is 9.90. The summed E-state index contributed by atoms with van der Waals surface area (Å²) in [4.78, 5) is 31.3. The highest BCUT2D eigenvalue weighted by atomic mass is 16.5. The third-order valence-corrected chi connectivity index (χ3v) is 5.11. The van der Waals surface area contributed by atoms with Crippen LogP contribution in [0.4, 0.5) is 0 Å². The largest absolute Gasteiger partial charge is 0.493 e. The monoisotopic (exact) mass is 422 g/mol. The van der Waals surface area contributed by atoms with Gasteiger partial charge >= 0.3 is 5.97 Å². The summed E-state index contributed by atoms with van der Waals surface area (Å²) in [6.07, 6.45) is 0. The van der Waals surface area contributed by atoms with Gasteiger partial charge in [-0.2, -0.15) is 0 Å². The number of para-hydroxylation sites is 1. The van der Waals surface area contributed by atoms with Crippen LogP contribution in [0.2, 0.25) is 0 Å². The van der Waals surface area contributed by atoms with Crippen LogP contribution in [0.1, 0.15) is 24.2 Å². The molecule has 0 aliphatic carbocycles. The topological polar surface area (TPSA) is 78.0 Å². The molecule has 31 heavy (non-hydrogen) atoms. The van der Waals surface area contributed by atoms with Gasteiger partial charge in [-0.3, -0.25) is 4.79 Å². The minimum absolute atomic E-state index is 0.0182. The Balaban J connectivity index is 1.98. The zero-order valence-corrected chi connectivity index (χ0v) is 18.3. The van der Waals surface area contributed by atoms with Crippen LogP contribution in [0.15, 0.2) is 48.5 Å². The predicted octanol–water partition coefficient (Wildman–Crippen LogP) is 3.94. The third-order valence-electron chi connectivity index (χ3n) is 5.11. The normalized spacial score (nSPS) is 10.8. The lowest BCUT2D eigenvalue weighted by atomic mass is 10.0. The number of ether oxygens (including phenoxy) is 3. The van der Waals surface area contributed by atoms with E-state index in [1.165, 1.54) is 4.90 Å². The third kappa shape index (κ3) is 4.77. The van der Waals surface area contributed by atoms with Crippen LogP contribution in [0, 0.1) is 0 Å². The molecule has 0 bridgehead atoms. The van der Waals surface area contributed by atoms with Crippen LogP contribution in [-0.4, -0.2) is 55.7 Å². The second-order valence-electron chi connectivity index (χ2n) is 7.32. The molecule has 0 N–H and O–H groups in total. The number of amides is 1. The molecule has 0 aliphatic heterocycles. The zero-order valence-electron chi connectivity index (χ0n) is 18.3. The molecule has 3 aromatic rings. The van der Waals surface area contributed by atoms with E-state index in [1.54, 1.807) is 45.5 Å². The second-order valence-corrected chi connectivity index (χ2v) is 7.32. The first kappa shape index (κ1) is 22.1. The van der Waals surface area contributed by atoms with Crippen molar-refractivity contribution in [2.75, 3.05) is 27.9 Å². The van der Waals surface area contributed by atoms with E-state index >= 15 is 0 Å². The van der Waals surface area contributed by atoms with Gasteiger partial charge in [-0.1, -0.05) is 18.2 Å². The second kappa shape index (κ2) is 9.47. The molecule has 0 radical (unpaired) electrons. The number of hydrogen-bond acceptors (Lipinski definition) is 6. The molecule has 1 amide bonds. The predicted molar refractivity (Wildman–Crippen MR) is 118 cm³/mol. The lowest BCUT2D eigenvalue weighted by Gasteiger charge is -2.21. The number of benzene rings is 2. The highest BCUT2D eigenvalue weighted by Crippen LogP contribution is 2.33. The molecule has 2 aromatic carbocycles. The summed E-state index contributed by atoms with van der Waals surface area (Å²) in [7, 11) is 4.80. The standard InChI is InChI=1S/C24H26N2O5/c1-15(2)26(3)23(27)14-31-24(28)18-13-20(25-19-9-7-6-8-17(18)19)16-10-11-21(29-4)22(12-16)30-5/h6-13,15H,14H2,1-5H3. The van der Waals surface area contributed by atoms with Crippen molar-refractivity contribution >= 4 is 22.8 Å². The van der Waals surface area contributed by atoms with E-state index < -0.39 is 5.97 Å². The number of carbonyl (C=O) groups excluding carboxylic acids is 2. The summed E-state index contributed by atoms with van der Waals surface area (Å²) in [5, 5.41) is 0.654. The highest BCUT2D eigenvalue weighted by Gasteiger charge is 2.19. The van der Waals surface area contributed by atoms with Gasteiger partial charge in [-0.05, 0) is 44.2 Å². The fraction of sp³-hybridized carbons (Fsp3) is 0.292. The van der Waals surface area contributed by atoms with Gasteiger partial charge in [-0.25, -0.2) is 9.78 Å². The van der Waals surface area contributed by atoms with E-state index in [0.717, 1.165) is 5.56 Å². The minimum Gasteiger partial charge on any atom is -0.493 e. The number of likely N-dealkylation sites (N-methyl/N-ethyl adjacent to an activating group) is 1. The first-order valence-electron chi connectivity index (χ1n) is 9.90. The first-order chi connectivity index (χ1) is 14.8. The maximum atomic E-state index is 12.9. The van der Waals surface area contributed by atoms with E-state index in [-0.39, 0.29) is 18.6 Å². The van der Waals surface area contributed by atoms with Crippen LogP contribution in [-0.2, 0) is 9.53 Å². The molecule has 7 nitrogen and oxygen atoms in total. The molecule has 1 aromatic heterocycles. The molecule has 0 fully saturated rings. The summed E-state index contributed by atoms with van der Waals surface area (Å²) in [6.45, 7) is 3.47. The number of esters is 1. The fourth-order valence-corrected chi connectivity index (χ4v) is 3.08. The Morgan fingerprint density at radius 1 is 1.00 bits per heavy atom. The van der Waals surface area contributed by atoms with Crippen molar-refractivity contribution in [2.45, 2.75) is 19.9 Å². The highest BCUT2D eigenvalue weighted by molar-refractivity contribution is 6.05. The molecule has 0 aliphatic rings. The average molecular weight is 422 g/mol. The molecule has 0 spiro atoms. The van der Waals surface area contributed by atoms with Gasteiger partial charge in [-0.15, -0.1) is 0 Å². The number of pyridine rings is 1. The van der Waals surface area contributed by atoms with Crippen LogP contribution in [0.3, 0.4) is 0 Å². The van der Waals surface area contributed by atoms with Gasteiger partial charge < -0.3 is 19.1 Å². The van der Waals surface area contributed by atoms with Crippen molar-refractivity contribution in [1.82, 2.24) is 9.88 Å². The summed E-state index contributed by atoms with van der Waals surface area (Å²) in [6, 6.07) is 14.4. The van der Waals surface area contributed by atoms with Gasteiger partial charge in [0, 0.05) is 24.0 Å². The molecule has 0 saturated heterocycles. The SMILES string of the molecule is COc1ccc(-c2cc(C(=O)OCC(=O)N(C)C(C)C)c3ccccc3n2)cc1OC. The summed E-state index contributed by atoms with van der Waals surface area (Å²) in [5.41, 5.74) is 2.33. The van der Waals surface area contributed by atoms with Crippen molar-refractivity contribution in [3.05, 3.63) is 54.1 Å². The van der Waals surface area contributed by atoms with E-state index in [2.05, 4.69) is 4.98 Å². The van der Waals surface area contributed by atoms with Crippen molar-refractivity contribution in [2.24, 2.45) is 0 Å². The van der Waals surface area contributed by atoms with Crippen LogP contribution < -0.4 is 9.47 Å². The molecule has 7 heteroatoms. The Labute approximate surface area is 181 Å². The molecule has 162 valence electrons. The molecular formula is C24H26N2O5. The molecule has 0 unspecified atom stereocenters. The molecule has 1 heterocycles. The molecule has 0 saturated carbocycles. The van der Waals surface area contributed by atoms with E-state index in [9.17, 15) is 9.59 Å². The van der Waals surface area contributed by atoms with Crippen molar-refractivity contribution in [1.29, 1.82) is 0 Å². The van der Waals surface area contributed by atoms with Gasteiger partial charge in [0.15, 0.2) is 18.1 Å². The Morgan fingerprint density at radius 3 is 2.39 bits per heavy atom. The van der Waals surface area contributed by atoms with E-state index in [1.807, 2.05) is 38.1 Å². The summed E-state index contributed by atoms with van der Waals surface area (Å²) >= 11 is 0. The van der Waals surface area contributed by atoms with Gasteiger partial charge in [0.05, 0.1) is 31.0 Å². The summed E-state index contributed by atoms with van der Waals surface area (Å²) in [5.74, 6) is 0.313. The fourth-order valence-electron chi connectivity index (χ4n) is 3.08. The minimum atomic E-state index is -0.578. The number of methoxy groups -OCH3 is 2. The summed E-state index contributed by atoms with van der Waals surface area (Å²) < 4.78 is 16.0. The number of aromatic nitrogens is 1. The zero-order chi connectivity index (χ0) is 22.5. The Kier molecular flexibility index (Phi) is 6.74. The van der Waals surface area contributed by atoms with Crippen molar-refractivity contribution in [3.8, 4) is 22.8 Å². The maximum absolute atomic E-state index is 12.9. The van der Waals surface area contributed by atoms with Gasteiger partial charge in [0.1, 0.15) is 0 Å². The quantitative estimate of drug-likeness (QED) is 0.537. The Hall–Kier alpha value is -3.61. The van der Waals surface area contributed by atoms with Crippen molar-refractivity contribution < 1.29 is 23.8 Å². The Bertz CT molecular complexity index is 1110. The average Bonchev–Trinajstić information content (AvgIpc) is 2.80. The smallest absolute Gasteiger partial charge is 0.339 e. The van der Waals surface area contributed by atoms with E-state index in [4.69, 9.17) is 14.2 Å². The van der Waals surface area contributed by atoms with Crippen molar-refractivity contribution in [3.63, 3.8) is 0 Å². The molecule has 3 rings (SSSR count). The number of fused-ring (bicyclic) bond motifs is 1. The molecule has 0 atom stereocenters. The maximum Gasteiger partial charge on any atom is 0.339 e. The lowest BCUT2D eigenvalue weighted by molar-refractivity contribution is -0.134. The number of nitrogens with zero attached hydrogens (tertiary/aromatic N) is 2. The molecular weight excluding hydrogens is 396 g/mol. The number of carbonyl (C=O) groups is 2.